The van der Waals surface area contributed by atoms with Gasteiger partial charge >= 0.3 is 0 Å². The zero-order chi connectivity index (χ0) is 24.1. The molecule has 0 bridgehead atoms. The van der Waals surface area contributed by atoms with Gasteiger partial charge in [0.25, 0.3) is 0 Å². The van der Waals surface area contributed by atoms with Crippen LogP contribution in [0, 0.1) is 5.92 Å². The maximum Gasteiger partial charge on any atom is 0.237 e. The van der Waals surface area contributed by atoms with Crippen LogP contribution in [0.5, 0.6) is 0 Å². The minimum atomic E-state index is -3.67. The summed E-state index contributed by atoms with van der Waals surface area (Å²) in [4.78, 5) is 18.3. The highest BCUT2D eigenvalue weighted by atomic mass is 32.2. The van der Waals surface area contributed by atoms with E-state index < -0.39 is 10.0 Å². The van der Waals surface area contributed by atoms with Crippen molar-refractivity contribution in [2.45, 2.75) is 37.6 Å². The lowest BCUT2D eigenvalue weighted by atomic mass is 9.88. The molecule has 2 aliphatic heterocycles. The molecule has 6 nitrogen and oxygen atoms in total. The molecule has 2 heterocycles. The Morgan fingerprint density at radius 3 is 2.03 bits per heavy atom. The van der Waals surface area contributed by atoms with Crippen LogP contribution in [-0.2, 0) is 14.8 Å². The van der Waals surface area contributed by atoms with Crippen molar-refractivity contribution in [1.82, 2.24) is 14.1 Å². The number of nitrogens with zero attached hydrogens (tertiary/aromatic N) is 3. The van der Waals surface area contributed by atoms with Gasteiger partial charge in [-0.2, -0.15) is 0 Å². The Kier molecular flexibility index (Phi) is 8.06. The summed E-state index contributed by atoms with van der Waals surface area (Å²) in [6.45, 7) is 4.71. The van der Waals surface area contributed by atoms with Crippen molar-refractivity contribution in [2.75, 3.05) is 46.0 Å². The van der Waals surface area contributed by atoms with Crippen LogP contribution < -0.4 is 0 Å². The molecule has 0 N–H and O–H groups in total. The topological polar surface area (TPSA) is 60.9 Å². The lowest BCUT2D eigenvalue weighted by Gasteiger charge is -2.32. The quantitative estimate of drug-likeness (QED) is 0.576. The van der Waals surface area contributed by atoms with E-state index in [0.717, 1.165) is 37.3 Å². The standard InChI is InChI=1S/C27H37N3O3S/c1-28-16-13-22(14-17-28)20-29-18-15-25(21-29)30(34(2,32)33)27(31)19-26(23-9-5-3-6-10-23)24-11-7-4-8-12-24/h3-12,22,25-26H,13-21H2,1-2H3. The van der Waals surface area contributed by atoms with E-state index in [1.807, 2.05) is 60.7 Å². The van der Waals surface area contributed by atoms with E-state index in [1.54, 1.807) is 0 Å². The minimum Gasteiger partial charge on any atom is -0.306 e. The summed E-state index contributed by atoms with van der Waals surface area (Å²) < 4.78 is 26.9. The van der Waals surface area contributed by atoms with Gasteiger partial charge < -0.3 is 9.80 Å². The van der Waals surface area contributed by atoms with Crippen molar-refractivity contribution in [1.29, 1.82) is 0 Å². The summed E-state index contributed by atoms with van der Waals surface area (Å²) in [6.07, 6.45) is 4.37. The molecule has 0 saturated carbocycles. The van der Waals surface area contributed by atoms with Crippen molar-refractivity contribution in [3.63, 3.8) is 0 Å². The average molecular weight is 484 g/mol. The van der Waals surface area contributed by atoms with E-state index >= 15 is 0 Å². The maximum atomic E-state index is 13.6. The van der Waals surface area contributed by atoms with Gasteiger partial charge in [-0.15, -0.1) is 0 Å². The maximum absolute atomic E-state index is 13.6. The molecule has 2 saturated heterocycles. The summed E-state index contributed by atoms with van der Waals surface area (Å²) in [6, 6.07) is 19.5. The second-order valence-electron chi connectivity index (χ2n) is 9.98. The number of carbonyl (C=O) groups is 1. The molecule has 2 aromatic carbocycles. The van der Waals surface area contributed by atoms with Gasteiger partial charge in [0.05, 0.1) is 12.3 Å². The van der Waals surface area contributed by atoms with Crippen molar-refractivity contribution >= 4 is 15.9 Å². The van der Waals surface area contributed by atoms with Crippen molar-refractivity contribution < 1.29 is 13.2 Å². The SMILES string of the molecule is CN1CCC(CN2CCC(N(C(=O)CC(c3ccccc3)c3ccccc3)S(C)(=O)=O)C2)CC1. The fourth-order valence-corrected chi connectivity index (χ4v) is 6.66. The molecule has 7 heteroatoms. The first kappa shape index (κ1) is 24.9. The third-order valence-electron chi connectivity index (χ3n) is 7.32. The lowest BCUT2D eigenvalue weighted by Crippen LogP contribution is -2.46. The zero-order valence-electron chi connectivity index (χ0n) is 20.3. The van der Waals surface area contributed by atoms with Gasteiger partial charge in [0.15, 0.2) is 0 Å². The Hall–Kier alpha value is -2.22. The molecule has 184 valence electrons. The Bertz CT molecular complexity index is 998. The van der Waals surface area contributed by atoms with Crippen LogP contribution in [0.1, 0.15) is 42.7 Å². The van der Waals surface area contributed by atoms with Gasteiger partial charge in [-0.05, 0) is 56.4 Å². The highest BCUT2D eigenvalue weighted by Gasteiger charge is 2.38. The molecular weight excluding hydrogens is 446 g/mol. The fourth-order valence-electron chi connectivity index (χ4n) is 5.50. The summed E-state index contributed by atoms with van der Waals surface area (Å²) in [7, 11) is -1.51. The normalized spacial score (nSPS) is 20.6. The highest BCUT2D eigenvalue weighted by Crippen LogP contribution is 2.31. The van der Waals surface area contributed by atoms with Crippen LogP contribution in [-0.4, -0.2) is 80.5 Å². The van der Waals surface area contributed by atoms with Gasteiger partial charge in [-0.25, -0.2) is 12.7 Å². The average Bonchev–Trinajstić information content (AvgIpc) is 3.26. The second kappa shape index (κ2) is 11.0. The molecule has 2 aliphatic rings. The number of sulfonamides is 1. The van der Waals surface area contributed by atoms with E-state index in [0.29, 0.717) is 18.9 Å². The number of rotatable bonds is 8. The number of carbonyl (C=O) groups excluding carboxylic acids is 1. The number of benzene rings is 2. The summed E-state index contributed by atoms with van der Waals surface area (Å²) in [5.41, 5.74) is 2.04. The van der Waals surface area contributed by atoms with Crippen LogP contribution in [0.15, 0.2) is 60.7 Å². The van der Waals surface area contributed by atoms with Gasteiger partial charge in [0, 0.05) is 32.0 Å². The minimum absolute atomic E-state index is 0.132. The number of hydrogen-bond donors (Lipinski definition) is 0. The van der Waals surface area contributed by atoms with E-state index in [1.165, 1.54) is 23.4 Å². The number of hydrogen-bond acceptors (Lipinski definition) is 5. The molecule has 1 amide bonds. The molecule has 0 aliphatic carbocycles. The number of amides is 1. The lowest BCUT2D eigenvalue weighted by molar-refractivity contribution is -0.128. The molecule has 34 heavy (non-hydrogen) atoms. The third-order valence-corrected chi connectivity index (χ3v) is 8.54. The molecule has 2 aromatic rings. The number of likely N-dealkylation sites (tertiary alicyclic amines) is 2. The Morgan fingerprint density at radius 1 is 0.941 bits per heavy atom. The molecule has 0 aromatic heterocycles. The summed E-state index contributed by atoms with van der Waals surface area (Å²) >= 11 is 0. The first-order valence-electron chi connectivity index (χ1n) is 12.3. The first-order chi connectivity index (χ1) is 16.3. The third kappa shape index (κ3) is 6.26. The predicted octanol–water partition coefficient (Wildman–Crippen LogP) is 3.41. The number of piperidine rings is 1. The van der Waals surface area contributed by atoms with Crippen LogP contribution in [0.25, 0.3) is 0 Å². The zero-order valence-corrected chi connectivity index (χ0v) is 21.2. The summed E-state index contributed by atoms with van der Waals surface area (Å²) in [5, 5.41) is 0. The van der Waals surface area contributed by atoms with Gasteiger partial charge in [0.2, 0.25) is 15.9 Å². The van der Waals surface area contributed by atoms with Crippen LogP contribution in [0.3, 0.4) is 0 Å². The van der Waals surface area contributed by atoms with E-state index in [4.69, 9.17) is 0 Å². The first-order valence-corrected chi connectivity index (χ1v) is 14.2. The molecular formula is C27H37N3O3S. The van der Waals surface area contributed by atoms with Crippen LogP contribution in [0.2, 0.25) is 0 Å². The Morgan fingerprint density at radius 2 is 1.50 bits per heavy atom. The van der Waals surface area contributed by atoms with Crippen molar-refractivity contribution in [3.8, 4) is 0 Å². The second-order valence-corrected chi connectivity index (χ2v) is 11.8. The predicted molar refractivity (Wildman–Crippen MR) is 136 cm³/mol. The Balaban J connectivity index is 1.48. The van der Waals surface area contributed by atoms with Gasteiger partial charge in [-0.1, -0.05) is 60.7 Å². The highest BCUT2D eigenvalue weighted by molar-refractivity contribution is 7.88. The van der Waals surface area contributed by atoms with Crippen LogP contribution in [0.4, 0.5) is 0 Å². The Labute approximate surface area is 204 Å². The van der Waals surface area contributed by atoms with Gasteiger partial charge in [-0.3, -0.25) is 4.79 Å². The molecule has 0 radical (unpaired) electrons. The van der Waals surface area contributed by atoms with E-state index in [2.05, 4.69) is 16.8 Å². The summed E-state index contributed by atoms with van der Waals surface area (Å²) in [5.74, 6) is 0.153. The van der Waals surface area contributed by atoms with Crippen molar-refractivity contribution in [3.05, 3.63) is 71.8 Å². The molecule has 4 rings (SSSR count). The fraction of sp³-hybridized carbons (Fsp3) is 0.519. The largest absolute Gasteiger partial charge is 0.306 e. The molecule has 0 spiro atoms. The monoisotopic (exact) mass is 483 g/mol. The van der Waals surface area contributed by atoms with Gasteiger partial charge in [0.1, 0.15) is 0 Å². The van der Waals surface area contributed by atoms with E-state index in [-0.39, 0.29) is 24.3 Å². The molecule has 1 unspecified atom stereocenters. The van der Waals surface area contributed by atoms with Crippen LogP contribution >= 0.6 is 0 Å². The molecule has 1 atom stereocenters. The molecule has 2 fully saturated rings. The smallest absolute Gasteiger partial charge is 0.237 e. The van der Waals surface area contributed by atoms with Crippen molar-refractivity contribution in [2.24, 2.45) is 5.92 Å². The van der Waals surface area contributed by atoms with E-state index in [9.17, 15) is 13.2 Å².